The van der Waals surface area contributed by atoms with Crippen LogP contribution in [0.1, 0.15) is 32.3 Å². The molecule has 1 nitrogen and oxygen atoms in total. The summed E-state index contributed by atoms with van der Waals surface area (Å²) in [4.78, 5) is 3.98. The highest BCUT2D eigenvalue weighted by molar-refractivity contribution is 6.31. The number of rotatable bonds is 5. The molecule has 1 aromatic rings. The van der Waals surface area contributed by atoms with Crippen molar-refractivity contribution in [3.63, 3.8) is 0 Å². The van der Waals surface area contributed by atoms with Crippen LogP contribution in [0.15, 0.2) is 18.5 Å². The van der Waals surface area contributed by atoms with Crippen molar-refractivity contribution in [2.24, 2.45) is 5.41 Å². The van der Waals surface area contributed by atoms with Gasteiger partial charge in [0.2, 0.25) is 0 Å². The number of alkyl halides is 1. The molecule has 0 bridgehead atoms. The minimum absolute atomic E-state index is 0.140. The average molecular weight is 246 g/mol. The highest BCUT2D eigenvalue weighted by Gasteiger charge is 2.23. The molecule has 0 radical (unpaired) electrons. The van der Waals surface area contributed by atoms with Crippen LogP contribution in [0.25, 0.3) is 0 Å². The van der Waals surface area contributed by atoms with Gasteiger partial charge in [-0.25, -0.2) is 0 Å². The van der Waals surface area contributed by atoms with E-state index in [4.69, 9.17) is 23.2 Å². The van der Waals surface area contributed by atoms with E-state index in [0.717, 1.165) is 29.8 Å². The maximum absolute atomic E-state index is 6.08. The molecule has 0 aliphatic rings. The Hall–Kier alpha value is -0.270. The predicted octanol–water partition coefficient (Wildman–Crippen LogP) is 4.32. The monoisotopic (exact) mass is 245 g/mol. The summed E-state index contributed by atoms with van der Waals surface area (Å²) in [6, 6.07) is 1.97. The van der Waals surface area contributed by atoms with Crippen molar-refractivity contribution >= 4 is 23.2 Å². The average Bonchev–Trinajstić information content (AvgIpc) is 2.22. The van der Waals surface area contributed by atoms with E-state index in [0.29, 0.717) is 5.88 Å². The molecule has 15 heavy (non-hydrogen) atoms. The van der Waals surface area contributed by atoms with E-state index < -0.39 is 0 Å². The summed E-state index contributed by atoms with van der Waals surface area (Å²) in [5, 5.41) is 0.741. The zero-order chi connectivity index (χ0) is 11.3. The van der Waals surface area contributed by atoms with E-state index >= 15 is 0 Å². The summed E-state index contributed by atoms with van der Waals surface area (Å²) in [7, 11) is 0. The first-order chi connectivity index (χ1) is 7.11. The standard InChI is InChI=1S/C12H17Cl2N/c1-3-5-12(2,9-13)7-10-4-6-15-8-11(10)14/h4,6,8H,3,5,7,9H2,1-2H3. The largest absolute Gasteiger partial charge is 0.263 e. The first kappa shape index (κ1) is 12.8. The second-order valence-corrected chi connectivity index (χ2v) is 5.01. The molecule has 0 saturated heterocycles. The lowest BCUT2D eigenvalue weighted by molar-refractivity contribution is 0.335. The summed E-state index contributed by atoms with van der Waals surface area (Å²) in [6.45, 7) is 4.39. The first-order valence-electron chi connectivity index (χ1n) is 5.25. The molecule has 0 N–H and O–H groups in total. The number of pyridine rings is 1. The van der Waals surface area contributed by atoms with Gasteiger partial charge in [-0.2, -0.15) is 0 Å². The van der Waals surface area contributed by atoms with Crippen LogP contribution >= 0.6 is 23.2 Å². The summed E-state index contributed by atoms with van der Waals surface area (Å²) in [6.07, 6.45) is 6.66. The van der Waals surface area contributed by atoms with Gasteiger partial charge in [-0.15, -0.1) is 11.6 Å². The highest BCUT2D eigenvalue weighted by atomic mass is 35.5. The van der Waals surface area contributed by atoms with E-state index in [1.54, 1.807) is 12.4 Å². The zero-order valence-electron chi connectivity index (χ0n) is 9.26. The van der Waals surface area contributed by atoms with Gasteiger partial charge >= 0.3 is 0 Å². The number of hydrogen-bond acceptors (Lipinski definition) is 1. The maximum Gasteiger partial charge on any atom is 0.0621 e. The van der Waals surface area contributed by atoms with Gasteiger partial charge in [0.05, 0.1) is 5.02 Å². The Morgan fingerprint density at radius 2 is 2.20 bits per heavy atom. The van der Waals surface area contributed by atoms with E-state index in [1.165, 1.54) is 0 Å². The second kappa shape index (κ2) is 5.72. The Kier molecular flexibility index (Phi) is 4.88. The molecule has 3 heteroatoms. The highest BCUT2D eigenvalue weighted by Crippen LogP contribution is 2.31. The van der Waals surface area contributed by atoms with Crippen molar-refractivity contribution in [3.05, 3.63) is 29.0 Å². The molecule has 1 heterocycles. The Morgan fingerprint density at radius 1 is 1.47 bits per heavy atom. The minimum Gasteiger partial charge on any atom is -0.263 e. The van der Waals surface area contributed by atoms with Crippen LogP contribution in [0.3, 0.4) is 0 Å². The number of nitrogens with zero attached hydrogens (tertiary/aromatic N) is 1. The molecule has 0 aromatic carbocycles. The van der Waals surface area contributed by atoms with Crippen molar-refractivity contribution in [3.8, 4) is 0 Å². The maximum atomic E-state index is 6.08. The molecule has 1 aromatic heterocycles. The fraction of sp³-hybridized carbons (Fsp3) is 0.583. The molecule has 1 atom stereocenters. The van der Waals surface area contributed by atoms with Crippen LogP contribution in [0.2, 0.25) is 5.02 Å². The summed E-state index contributed by atoms with van der Waals surface area (Å²) < 4.78 is 0. The van der Waals surface area contributed by atoms with E-state index in [2.05, 4.69) is 18.8 Å². The Balaban J connectivity index is 2.79. The zero-order valence-corrected chi connectivity index (χ0v) is 10.8. The number of hydrogen-bond donors (Lipinski definition) is 0. The van der Waals surface area contributed by atoms with Gasteiger partial charge in [0.25, 0.3) is 0 Å². The van der Waals surface area contributed by atoms with Gasteiger partial charge in [0.1, 0.15) is 0 Å². The van der Waals surface area contributed by atoms with Gasteiger partial charge in [-0.05, 0) is 29.9 Å². The molecule has 1 unspecified atom stereocenters. The lowest BCUT2D eigenvalue weighted by atomic mass is 9.82. The minimum atomic E-state index is 0.140. The smallest absolute Gasteiger partial charge is 0.0621 e. The molecule has 0 saturated carbocycles. The van der Waals surface area contributed by atoms with Gasteiger partial charge in [-0.3, -0.25) is 4.98 Å². The third-order valence-corrected chi connectivity index (χ3v) is 3.64. The second-order valence-electron chi connectivity index (χ2n) is 4.34. The normalized spacial score (nSPS) is 14.9. The molecule has 0 amide bonds. The summed E-state index contributed by atoms with van der Waals surface area (Å²) >= 11 is 12.1. The fourth-order valence-corrected chi connectivity index (χ4v) is 2.23. The van der Waals surface area contributed by atoms with Gasteiger partial charge < -0.3 is 0 Å². The van der Waals surface area contributed by atoms with E-state index in [9.17, 15) is 0 Å². The fourth-order valence-electron chi connectivity index (χ4n) is 1.81. The van der Waals surface area contributed by atoms with Crippen molar-refractivity contribution in [1.29, 1.82) is 0 Å². The van der Waals surface area contributed by atoms with Crippen molar-refractivity contribution in [1.82, 2.24) is 4.98 Å². The molecule has 1 rings (SSSR count). The number of aromatic nitrogens is 1. The molecule has 0 spiro atoms. The SMILES string of the molecule is CCCC(C)(CCl)Cc1ccncc1Cl. The molecule has 0 aliphatic heterocycles. The van der Waals surface area contributed by atoms with Crippen LogP contribution in [0.5, 0.6) is 0 Å². The third kappa shape index (κ3) is 3.66. The van der Waals surface area contributed by atoms with Gasteiger partial charge in [-0.1, -0.05) is 31.9 Å². The van der Waals surface area contributed by atoms with Crippen LogP contribution in [-0.2, 0) is 6.42 Å². The summed E-state index contributed by atoms with van der Waals surface area (Å²) in [5.74, 6) is 0.666. The lowest BCUT2D eigenvalue weighted by Crippen LogP contribution is -2.21. The topological polar surface area (TPSA) is 12.9 Å². The van der Waals surface area contributed by atoms with Crippen molar-refractivity contribution < 1.29 is 0 Å². The molecular formula is C12H17Cl2N. The van der Waals surface area contributed by atoms with Crippen LogP contribution in [-0.4, -0.2) is 10.9 Å². The first-order valence-corrected chi connectivity index (χ1v) is 6.17. The number of halogens is 2. The Bertz CT molecular complexity index is 314. The van der Waals surface area contributed by atoms with Crippen LogP contribution < -0.4 is 0 Å². The third-order valence-electron chi connectivity index (χ3n) is 2.65. The van der Waals surface area contributed by atoms with Crippen LogP contribution in [0.4, 0.5) is 0 Å². The van der Waals surface area contributed by atoms with Gasteiger partial charge in [0, 0.05) is 18.3 Å². The van der Waals surface area contributed by atoms with Crippen LogP contribution in [0, 0.1) is 5.41 Å². The molecular weight excluding hydrogens is 229 g/mol. The Morgan fingerprint density at radius 3 is 2.73 bits per heavy atom. The van der Waals surface area contributed by atoms with E-state index in [1.807, 2.05) is 6.07 Å². The Labute approximate surface area is 102 Å². The van der Waals surface area contributed by atoms with Crippen molar-refractivity contribution in [2.75, 3.05) is 5.88 Å². The lowest BCUT2D eigenvalue weighted by Gasteiger charge is -2.27. The van der Waals surface area contributed by atoms with E-state index in [-0.39, 0.29) is 5.41 Å². The van der Waals surface area contributed by atoms with Crippen molar-refractivity contribution in [2.45, 2.75) is 33.1 Å². The summed E-state index contributed by atoms with van der Waals surface area (Å²) in [5.41, 5.74) is 1.28. The molecule has 84 valence electrons. The van der Waals surface area contributed by atoms with Gasteiger partial charge in [0.15, 0.2) is 0 Å². The molecule has 0 fully saturated rings. The quantitative estimate of drug-likeness (QED) is 0.705. The predicted molar refractivity (Wildman–Crippen MR) is 66.7 cm³/mol. The molecule has 0 aliphatic carbocycles.